The lowest BCUT2D eigenvalue weighted by atomic mass is 10.0. The van der Waals surface area contributed by atoms with Crippen molar-refractivity contribution in [2.75, 3.05) is 13.7 Å². The van der Waals surface area contributed by atoms with Crippen LogP contribution in [-0.2, 0) is 17.7 Å². The molecule has 1 aliphatic heterocycles. The van der Waals surface area contributed by atoms with Crippen molar-refractivity contribution in [3.05, 3.63) is 21.7 Å². The molecule has 1 unspecified atom stereocenters. The third-order valence-corrected chi connectivity index (χ3v) is 3.44. The largest absolute Gasteiger partial charge is 0.373 e. The Balaban J connectivity index is 2.43. The minimum atomic E-state index is -0.0168. The van der Waals surface area contributed by atoms with Crippen LogP contribution in [0.2, 0.25) is 0 Å². The van der Waals surface area contributed by atoms with Crippen LogP contribution < -0.4 is 5.32 Å². The van der Waals surface area contributed by atoms with Crippen molar-refractivity contribution in [3.8, 4) is 0 Å². The lowest BCUT2D eigenvalue weighted by Gasteiger charge is -2.22. The highest BCUT2D eigenvalue weighted by Gasteiger charge is 2.20. The first-order chi connectivity index (χ1) is 8.13. The summed E-state index contributed by atoms with van der Waals surface area (Å²) in [4.78, 5) is 7.87. The first-order valence-electron chi connectivity index (χ1n) is 5.99. The van der Waals surface area contributed by atoms with Crippen LogP contribution in [0.3, 0.4) is 0 Å². The van der Waals surface area contributed by atoms with E-state index in [1.54, 1.807) is 7.11 Å². The maximum atomic E-state index is 5.49. The van der Waals surface area contributed by atoms with Crippen LogP contribution in [-0.4, -0.2) is 23.6 Å². The van der Waals surface area contributed by atoms with Gasteiger partial charge < -0.3 is 15.0 Å². The Morgan fingerprint density at radius 2 is 2.18 bits per heavy atom. The molecule has 1 aromatic heterocycles. The van der Waals surface area contributed by atoms with E-state index >= 15 is 0 Å². The number of H-pyrrole nitrogens is 1. The van der Waals surface area contributed by atoms with E-state index in [1.807, 2.05) is 0 Å². The van der Waals surface area contributed by atoms with Gasteiger partial charge in [-0.15, -0.1) is 0 Å². The Morgan fingerprint density at radius 3 is 2.82 bits per heavy atom. The van der Waals surface area contributed by atoms with Gasteiger partial charge in [-0.25, -0.2) is 4.98 Å². The van der Waals surface area contributed by atoms with Crippen LogP contribution in [0, 0.1) is 10.6 Å². The van der Waals surface area contributed by atoms with Gasteiger partial charge in [0.15, 0.2) is 0 Å². The summed E-state index contributed by atoms with van der Waals surface area (Å²) in [7, 11) is 1.71. The monoisotopic (exact) mass is 253 g/mol. The normalized spacial score (nSPS) is 16.9. The zero-order valence-corrected chi connectivity index (χ0v) is 11.4. The standard InChI is InChI=1S/C12H19N3OS/c1-7(2)10(16-3)11-14-9-4-5-13-6-8(9)12(17)15-11/h7,10,13H,4-6H2,1-3H3,(H,14,15,17). The maximum Gasteiger partial charge on any atom is 0.137 e. The third kappa shape index (κ3) is 2.56. The predicted molar refractivity (Wildman–Crippen MR) is 69.4 cm³/mol. The molecule has 94 valence electrons. The Kier molecular flexibility index (Phi) is 3.91. The summed E-state index contributed by atoms with van der Waals surface area (Å²) in [6, 6.07) is 0. The van der Waals surface area contributed by atoms with Crippen molar-refractivity contribution in [1.29, 1.82) is 0 Å². The van der Waals surface area contributed by atoms with Gasteiger partial charge in [-0.1, -0.05) is 26.1 Å². The molecule has 2 rings (SSSR count). The number of rotatable bonds is 3. The quantitative estimate of drug-likeness (QED) is 0.810. The second-order valence-corrected chi connectivity index (χ2v) is 5.10. The minimum absolute atomic E-state index is 0.0168. The number of methoxy groups -OCH3 is 1. The summed E-state index contributed by atoms with van der Waals surface area (Å²) in [6.45, 7) is 6.04. The molecular weight excluding hydrogens is 234 g/mol. The molecule has 0 amide bonds. The molecular formula is C12H19N3OS. The topological polar surface area (TPSA) is 49.9 Å². The van der Waals surface area contributed by atoms with Crippen LogP contribution in [0.1, 0.15) is 37.0 Å². The van der Waals surface area contributed by atoms with Crippen LogP contribution in [0.15, 0.2) is 0 Å². The highest BCUT2D eigenvalue weighted by molar-refractivity contribution is 7.71. The second kappa shape index (κ2) is 5.25. The molecule has 0 bridgehead atoms. The summed E-state index contributed by atoms with van der Waals surface area (Å²) in [5.41, 5.74) is 2.34. The molecule has 0 saturated carbocycles. The summed E-state index contributed by atoms with van der Waals surface area (Å²) in [5.74, 6) is 1.23. The molecule has 2 N–H and O–H groups in total. The van der Waals surface area contributed by atoms with Crippen LogP contribution in [0.4, 0.5) is 0 Å². The summed E-state index contributed by atoms with van der Waals surface area (Å²) in [6.07, 6.45) is 0.958. The number of nitrogens with one attached hydrogen (secondary N) is 2. The average Bonchev–Trinajstić information content (AvgIpc) is 2.29. The second-order valence-electron chi connectivity index (χ2n) is 4.71. The van der Waals surface area contributed by atoms with Crippen molar-refractivity contribution in [1.82, 2.24) is 15.3 Å². The Hall–Kier alpha value is -0.780. The first kappa shape index (κ1) is 12.7. The molecule has 0 aliphatic carbocycles. The molecule has 1 aliphatic rings. The lowest BCUT2D eigenvalue weighted by Crippen LogP contribution is -2.27. The SMILES string of the molecule is COC(c1nc(=S)c2c([nH]1)CCNC2)C(C)C. The third-order valence-electron chi connectivity index (χ3n) is 3.11. The molecule has 0 fully saturated rings. The first-order valence-corrected chi connectivity index (χ1v) is 6.39. The van der Waals surface area contributed by atoms with Gasteiger partial charge in [0.05, 0.1) is 0 Å². The van der Waals surface area contributed by atoms with Gasteiger partial charge in [0.1, 0.15) is 16.6 Å². The van der Waals surface area contributed by atoms with Gasteiger partial charge in [0, 0.05) is 37.9 Å². The van der Waals surface area contributed by atoms with E-state index in [0.717, 1.165) is 30.9 Å². The number of ether oxygens (including phenoxy) is 1. The average molecular weight is 253 g/mol. The molecule has 0 radical (unpaired) electrons. The van der Waals surface area contributed by atoms with E-state index in [1.165, 1.54) is 5.69 Å². The van der Waals surface area contributed by atoms with E-state index in [9.17, 15) is 0 Å². The van der Waals surface area contributed by atoms with Crippen LogP contribution in [0.5, 0.6) is 0 Å². The summed E-state index contributed by atoms with van der Waals surface area (Å²) in [5, 5.41) is 3.31. The lowest BCUT2D eigenvalue weighted by molar-refractivity contribution is 0.0571. The van der Waals surface area contributed by atoms with Gasteiger partial charge >= 0.3 is 0 Å². The fourth-order valence-electron chi connectivity index (χ4n) is 2.22. The number of nitrogens with zero attached hydrogens (tertiary/aromatic N) is 1. The number of fused-ring (bicyclic) bond motifs is 1. The molecule has 1 atom stereocenters. The van der Waals surface area contributed by atoms with Gasteiger partial charge in [-0.05, 0) is 5.92 Å². The van der Waals surface area contributed by atoms with Gasteiger partial charge in [0.25, 0.3) is 0 Å². The predicted octanol–water partition coefficient (Wildman–Crippen LogP) is 2.13. The number of hydrogen-bond acceptors (Lipinski definition) is 4. The van der Waals surface area contributed by atoms with Crippen LogP contribution in [0.25, 0.3) is 0 Å². The Bertz CT molecular complexity index is 456. The Labute approximate surface area is 107 Å². The fraction of sp³-hybridized carbons (Fsp3) is 0.667. The summed E-state index contributed by atoms with van der Waals surface area (Å²) < 4.78 is 6.19. The van der Waals surface area contributed by atoms with Crippen molar-refractivity contribution in [3.63, 3.8) is 0 Å². The van der Waals surface area contributed by atoms with E-state index in [2.05, 4.69) is 29.1 Å². The van der Waals surface area contributed by atoms with E-state index in [4.69, 9.17) is 17.0 Å². The van der Waals surface area contributed by atoms with Gasteiger partial charge in [-0.3, -0.25) is 0 Å². The van der Waals surface area contributed by atoms with Gasteiger partial charge in [-0.2, -0.15) is 0 Å². The van der Waals surface area contributed by atoms with Gasteiger partial charge in [0.2, 0.25) is 0 Å². The van der Waals surface area contributed by atoms with E-state index in [0.29, 0.717) is 10.6 Å². The molecule has 0 aromatic carbocycles. The molecule has 2 heterocycles. The smallest absolute Gasteiger partial charge is 0.137 e. The van der Waals surface area contributed by atoms with Crippen molar-refractivity contribution >= 4 is 12.2 Å². The highest BCUT2D eigenvalue weighted by Crippen LogP contribution is 2.23. The molecule has 5 heteroatoms. The van der Waals surface area contributed by atoms with Crippen LogP contribution >= 0.6 is 12.2 Å². The van der Waals surface area contributed by atoms with E-state index < -0.39 is 0 Å². The van der Waals surface area contributed by atoms with Crippen molar-refractivity contribution in [2.45, 2.75) is 32.9 Å². The molecule has 0 spiro atoms. The maximum absolute atomic E-state index is 5.49. The number of hydrogen-bond donors (Lipinski definition) is 2. The summed E-state index contributed by atoms with van der Waals surface area (Å²) >= 11 is 5.35. The Morgan fingerprint density at radius 1 is 1.41 bits per heavy atom. The van der Waals surface area contributed by atoms with Crippen molar-refractivity contribution in [2.24, 2.45) is 5.92 Å². The van der Waals surface area contributed by atoms with Crippen molar-refractivity contribution < 1.29 is 4.74 Å². The molecule has 17 heavy (non-hydrogen) atoms. The zero-order chi connectivity index (χ0) is 12.4. The fourth-order valence-corrected chi connectivity index (χ4v) is 2.51. The molecule has 0 saturated heterocycles. The zero-order valence-electron chi connectivity index (χ0n) is 10.5. The highest BCUT2D eigenvalue weighted by atomic mass is 32.1. The number of aromatic amines is 1. The minimum Gasteiger partial charge on any atom is -0.373 e. The molecule has 1 aromatic rings. The number of aromatic nitrogens is 2. The molecule has 4 nitrogen and oxygen atoms in total. The van der Waals surface area contributed by atoms with E-state index in [-0.39, 0.29) is 6.10 Å².